The van der Waals surface area contributed by atoms with Crippen LogP contribution in [-0.2, 0) is 19.1 Å². The topological polar surface area (TPSA) is 119 Å². The zero-order valence-electron chi connectivity index (χ0n) is 20.7. The number of amides is 2. The molecule has 0 aliphatic heterocycles. The molecule has 2 aliphatic carbocycles. The van der Waals surface area contributed by atoms with Crippen molar-refractivity contribution in [2.24, 2.45) is 5.41 Å². The van der Waals surface area contributed by atoms with Crippen LogP contribution in [0, 0.1) is 11.2 Å². The van der Waals surface area contributed by atoms with Gasteiger partial charge in [-0.1, -0.05) is 0 Å². The number of nitrogens with one attached hydrogen (secondary N) is 2. The van der Waals surface area contributed by atoms with Gasteiger partial charge in [0.1, 0.15) is 40.7 Å². The third-order valence-corrected chi connectivity index (χ3v) is 6.67. The van der Waals surface area contributed by atoms with E-state index in [1.165, 1.54) is 6.07 Å². The van der Waals surface area contributed by atoms with Crippen molar-refractivity contribution in [3.63, 3.8) is 0 Å². The summed E-state index contributed by atoms with van der Waals surface area (Å²) in [4.78, 5) is 30.2. The number of nitrogens with zero attached hydrogens (tertiary/aromatic N) is 1. The van der Waals surface area contributed by atoms with Crippen molar-refractivity contribution >= 4 is 35.3 Å². The number of hydrogen-bond donors (Lipinski definition) is 3. The molecule has 0 spiro atoms. The van der Waals surface area contributed by atoms with Crippen LogP contribution >= 0.6 is 0 Å². The van der Waals surface area contributed by atoms with Crippen molar-refractivity contribution in [3.8, 4) is 17.2 Å². The zero-order valence-corrected chi connectivity index (χ0v) is 20.7. The summed E-state index contributed by atoms with van der Waals surface area (Å²) in [5.74, 6) is -0.928. The van der Waals surface area contributed by atoms with Gasteiger partial charge in [-0.2, -0.15) is 0 Å². The summed E-state index contributed by atoms with van der Waals surface area (Å²) < 4.78 is 30.3. The lowest BCUT2D eigenvalue weighted by Crippen LogP contribution is -2.41. The second-order valence-electron chi connectivity index (χ2n) is 9.12. The summed E-state index contributed by atoms with van der Waals surface area (Å²) in [6.07, 6.45) is 5.63. The lowest BCUT2D eigenvalue weighted by atomic mass is 10.0. The van der Waals surface area contributed by atoms with Gasteiger partial charge in [0.05, 0.1) is 11.0 Å². The number of aromatic hydroxyl groups is 1. The molecule has 10 heteroatoms. The first-order chi connectivity index (χ1) is 18.3. The van der Waals surface area contributed by atoms with Crippen LogP contribution in [0.4, 0.5) is 15.8 Å². The molecule has 38 heavy (non-hydrogen) atoms. The number of ether oxygens (including phenoxy) is 3. The number of carbonyl (C=O) groups is 2. The highest BCUT2D eigenvalue weighted by molar-refractivity contribution is 6.17. The normalized spacial score (nSPS) is 18.8. The minimum atomic E-state index is -1.25. The molecule has 1 heterocycles. The van der Waals surface area contributed by atoms with Gasteiger partial charge in [0.25, 0.3) is 0 Å². The third-order valence-electron chi connectivity index (χ3n) is 6.67. The first kappa shape index (κ1) is 25.4. The first-order valence-corrected chi connectivity index (χ1v) is 12.0. The molecule has 2 atom stereocenters. The van der Waals surface area contributed by atoms with Crippen LogP contribution in [-0.4, -0.2) is 48.3 Å². The van der Waals surface area contributed by atoms with Crippen LogP contribution in [0.3, 0.4) is 0 Å². The number of hydrogen-bond acceptors (Lipinski definition) is 7. The maximum Gasteiger partial charge on any atom is 0.240 e. The van der Waals surface area contributed by atoms with E-state index in [1.807, 2.05) is 12.2 Å². The molecule has 196 valence electrons. The maximum absolute atomic E-state index is 13.2. The number of halogens is 1. The predicted molar refractivity (Wildman–Crippen MR) is 138 cm³/mol. The number of methoxy groups -OCH3 is 2. The molecule has 1 saturated carbocycles. The van der Waals surface area contributed by atoms with Crippen LogP contribution in [0.5, 0.6) is 17.2 Å². The minimum Gasteiger partial charge on any atom is -0.506 e. The number of aromatic nitrogens is 1. The van der Waals surface area contributed by atoms with Crippen molar-refractivity contribution in [3.05, 3.63) is 71.1 Å². The number of rotatable bonds is 8. The van der Waals surface area contributed by atoms with Gasteiger partial charge in [-0.15, -0.1) is 0 Å². The summed E-state index contributed by atoms with van der Waals surface area (Å²) in [6, 6.07) is 11.8. The van der Waals surface area contributed by atoms with E-state index in [9.17, 15) is 19.1 Å². The number of pyridine rings is 1. The summed E-state index contributed by atoms with van der Waals surface area (Å²) in [7, 11) is 3.22. The highest BCUT2D eigenvalue weighted by Crippen LogP contribution is 2.48. The Morgan fingerprint density at radius 3 is 2.32 bits per heavy atom. The first-order valence-electron chi connectivity index (χ1n) is 12.0. The molecule has 3 N–H and O–H groups in total. The van der Waals surface area contributed by atoms with Crippen LogP contribution in [0.25, 0.3) is 12.2 Å². The van der Waals surface area contributed by atoms with Gasteiger partial charge in [0, 0.05) is 37.4 Å². The molecule has 1 fully saturated rings. The molecule has 2 aromatic carbocycles. The number of benzene rings is 2. The number of phenols is 1. The Bertz CT molecular complexity index is 1500. The van der Waals surface area contributed by atoms with Gasteiger partial charge in [0.15, 0.2) is 0 Å². The second-order valence-corrected chi connectivity index (χ2v) is 9.12. The Kier molecular flexibility index (Phi) is 6.83. The summed E-state index contributed by atoms with van der Waals surface area (Å²) >= 11 is 0. The highest BCUT2D eigenvalue weighted by atomic mass is 19.1. The average molecular weight is 520 g/mol. The molecular formula is C28H26FN3O6. The fraction of sp³-hybridized carbons (Fsp3) is 0.250. The summed E-state index contributed by atoms with van der Waals surface area (Å²) in [5.41, 5.74) is -0.721. The number of carbonyl (C=O) groups excluding carboxylic acids is 2. The predicted octanol–water partition coefficient (Wildman–Crippen LogP) is 2.68. The van der Waals surface area contributed by atoms with Gasteiger partial charge < -0.3 is 30.0 Å². The Morgan fingerprint density at radius 1 is 0.974 bits per heavy atom. The Morgan fingerprint density at radius 2 is 1.66 bits per heavy atom. The Hall–Kier alpha value is -4.28. The van der Waals surface area contributed by atoms with Gasteiger partial charge in [-0.05, 0) is 67.5 Å². The van der Waals surface area contributed by atoms with Crippen LogP contribution in [0.1, 0.15) is 12.8 Å². The fourth-order valence-electron chi connectivity index (χ4n) is 4.29. The molecule has 2 amide bonds. The van der Waals surface area contributed by atoms with E-state index < -0.39 is 28.8 Å². The van der Waals surface area contributed by atoms with E-state index >= 15 is 0 Å². The standard InChI is InChI=1S/C28H26FN3O6/c1-36-24-14-19-21(15-25(24)37-2)30-12-9-23(19)38-18-6-4-17(5-7-18)31-26(34)28(10-11-28)27(35)32-20-8-3-16(29)13-22(20)33/h3-9,12-15,24-25,33H,10-11H2,1-2H3,(H,31,34)(H,32,35). The van der Waals surface area contributed by atoms with Gasteiger partial charge in [-0.3, -0.25) is 14.6 Å². The average Bonchev–Trinajstić information content (AvgIpc) is 3.73. The quantitative estimate of drug-likeness (QED) is 0.309. The van der Waals surface area contributed by atoms with Gasteiger partial charge in [-0.25, -0.2) is 4.39 Å². The summed E-state index contributed by atoms with van der Waals surface area (Å²) in [5, 5.41) is 16.7. The summed E-state index contributed by atoms with van der Waals surface area (Å²) in [6.45, 7) is 0. The molecule has 9 nitrogen and oxygen atoms in total. The van der Waals surface area contributed by atoms with Gasteiger partial charge in [0.2, 0.25) is 11.8 Å². The number of fused-ring (bicyclic) bond motifs is 1. The molecule has 0 radical (unpaired) electrons. The molecular weight excluding hydrogens is 493 g/mol. The van der Waals surface area contributed by atoms with Crippen molar-refractivity contribution in [1.29, 1.82) is 0 Å². The molecule has 2 unspecified atom stereocenters. The number of anilines is 2. The molecule has 1 aromatic heterocycles. The molecule has 0 bridgehead atoms. The van der Waals surface area contributed by atoms with E-state index in [0.717, 1.165) is 22.7 Å². The van der Waals surface area contributed by atoms with Crippen LogP contribution in [0.15, 0.2) is 54.7 Å². The van der Waals surface area contributed by atoms with Crippen molar-refractivity contribution in [1.82, 2.24) is 4.98 Å². The van der Waals surface area contributed by atoms with E-state index in [4.69, 9.17) is 14.2 Å². The van der Waals surface area contributed by atoms with Crippen LogP contribution < -0.4 is 25.9 Å². The third kappa shape index (κ3) is 4.96. The Balaban J connectivity index is 1.27. The van der Waals surface area contributed by atoms with Crippen molar-refractivity contribution in [2.45, 2.75) is 25.0 Å². The molecule has 2 aliphatic rings. The van der Waals surface area contributed by atoms with Crippen molar-refractivity contribution < 1.29 is 33.3 Å². The highest BCUT2D eigenvalue weighted by Gasteiger charge is 2.56. The second kappa shape index (κ2) is 10.2. The van der Waals surface area contributed by atoms with Crippen molar-refractivity contribution in [2.75, 3.05) is 24.9 Å². The zero-order chi connectivity index (χ0) is 26.9. The fourth-order valence-corrected chi connectivity index (χ4v) is 4.29. The van der Waals surface area contributed by atoms with E-state index in [-0.39, 0.29) is 17.9 Å². The smallest absolute Gasteiger partial charge is 0.240 e. The minimum absolute atomic E-state index is 0.0414. The lowest BCUT2D eigenvalue weighted by Gasteiger charge is -2.22. The van der Waals surface area contributed by atoms with Crippen LogP contribution in [0.2, 0.25) is 0 Å². The maximum atomic E-state index is 13.2. The van der Waals surface area contributed by atoms with E-state index in [1.54, 1.807) is 50.7 Å². The SMILES string of the molecule is COC1C=c2nccc(Oc3ccc(NC(=O)C4(C(=O)Nc5ccc(F)cc5O)CC4)cc3)c2=CC1OC. The monoisotopic (exact) mass is 519 g/mol. The molecule has 5 rings (SSSR count). The van der Waals surface area contributed by atoms with E-state index in [2.05, 4.69) is 15.6 Å². The molecule has 3 aromatic rings. The largest absolute Gasteiger partial charge is 0.506 e. The van der Waals surface area contributed by atoms with E-state index in [0.29, 0.717) is 30.0 Å². The lowest BCUT2D eigenvalue weighted by molar-refractivity contribution is -0.131. The van der Waals surface area contributed by atoms with Gasteiger partial charge >= 0.3 is 0 Å². The molecule has 0 saturated heterocycles. The Labute approximate surface area is 217 Å². The number of phenolic OH excluding ortho intramolecular Hbond substituents is 1.